The highest BCUT2D eigenvalue weighted by Gasteiger charge is 2.54. The molecule has 1 aromatic rings. The lowest BCUT2D eigenvalue weighted by Gasteiger charge is -2.11. The number of amides is 1. The highest BCUT2D eigenvalue weighted by Crippen LogP contribution is 2.46. The van der Waals surface area contributed by atoms with E-state index in [1.54, 1.807) is 6.20 Å². The van der Waals surface area contributed by atoms with Gasteiger partial charge in [-0.3, -0.25) is 9.89 Å². The Hall–Kier alpha value is -2.05. The van der Waals surface area contributed by atoms with Crippen LogP contribution in [-0.2, 0) is 4.79 Å². The van der Waals surface area contributed by atoms with E-state index in [0.29, 0.717) is 18.5 Å². The smallest absolute Gasteiger partial charge is 0.238 e. The van der Waals surface area contributed by atoms with Gasteiger partial charge in [-0.05, 0) is 12.8 Å². The normalized spacial score (nSPS) is 18.5. The van der Waals surface area contributed by atoms with E-state index >= 15 is 0 Å². The summed E-state index contributed by atoms with van der Waals surface area (Å²) in [5.41, 5.74) is 5.20. The van der Waals surface area contributed by atoms with E-state index in [-0.39, 0.29) is 11.7 Å². The molecule has 1 amide bonds. The molecule has 0 atom stereocenters. The third kappa shape index (κ3) is 1.51. The van der Waals surface area contributed by atoms with Gasteiger partial charge >= 0.3 is 0 Å². The SMILES string of the molecule is NC(=NO)C1(C(=O)Nc2cn[nH]c2)CC1. The lowest BCUT2D eigenvalue weighted by molar-refractivity contribution is -0.119. The van der Waals surface area contributed by atoms with Gasteiger partial charge in [-0.25, -0.2) is 0 Å². The molecule has 1 saturated carbocycles. The minimum absolute atomic E-state index is 0.0384. The quantitative estimate of drug-likeness (QED) is 0.240. The van der Waals surface area contributed by atoms with Gasteiger partial charge in [0, 0.05) is 6.20 Å². The van der Waals surface area contributed by atoms with Crippen molar-refractivity contribution >= 4 is 17.4 Å². The first-order valence-electron chi connectivity index (χ1n) is 4.47. The Bertz CT molecular complexity index is 393. The van der Waals surface area contributed by atoms with E-state index in [2.05, 4.69) is 20.7 Å². The maximum Gasteiger partial charge on any atom is 0.238 e. The first-order chi connectivity index (χ1) is 7.19. The van der Waals surface area contributed by atoms with Gasteiger partial charge in [-0.2, -0.15) is 5.10 Å². The molecule has 0 spiro atoms. The van der Waals surface area contributed by atoms with Crippen molar-refractivity contribution in [1.29, 1.82) is 0 Å². The summed E-state index contributed by atoms with van der Waals surface area (Å²) in [7, 11) is 0. The number of nitrogens with one attached hydrogen (secondary N) is 2. The van der Waals surface area contributed by atoms with Crippen LogP contribution >= 0.6 is 0 Å². The molecule has 0 unspecified atom stereocenters. The Morgan fingerprint density at radius 1 is 1.73 bits per heavy atom. The molecule has 0 radical (unpaired) electrons. The van der Waals surface area contributed by atoms with E-state index < -0.39 is 5.41 Å². The maximum absolute atomic E-state index is 11.8. The van der Waals surface area contributed by atoms with Crippen molar-refractivity contribution in [1.82, 2.24) is 10.2 Å². The number of aromatic nitrogens is 2. The molecule has 80 valence electrons. The van der Waals surface area contributed by atoms with Crippen LogP contribution in [0.25, 0.3) is 0 Å². The summed E-state index contributed by atoms with van der Waals surface area (Å²) in [6.07, 6.45) is 4.25. The summed E-state index contributed by atoms with van der Waals surface area (Å²) >= 11 is 0. The van der Waals surface area contributed by atoms with E-state index in [4.69, 9.17) is 10.9 Å². The highest BCUT2D eigenvalue weighted by molar-refractivity contribution is 6.14. The number of hydrogen-bond donors (Lipinski definition) is 4. The number of carbonyl (C=O) groups excluding carboxylic acids is 1. The number of oxime groups is 1. The molecule has 0 bridgehead atoms. The molecule has 0 saturated heterocycles. The topological polar surface area (TPSA) is 116 Å². The van der Waals surface area contributed by atoms with Crippen LogP contribution in [0.1, 0.15) is 12.8 Å². The van der Waals surface area contributed by atoms with Crippen LogP contribution < -0.4 is 11.1 Å². The third-order valence-corrected chi connectivity index (χ3v) is 2.54. The fraction of sp³-hybridized carbons (Fsp3) is 0.375. The minimum Gasteiger partial charge on any atom is -0.409 e. The molecule has 2 rings (SSSR count). The summed E-state index contributed by atoms with van der Waals surface area (Å²) in [5, 5.41) is 20.3. The van der Waals surface area contributed by atoms with Crippen LogP contribution in [0.15, 0.2) is 17.5 Å². The molecule has 0 aromatic carbocycles. The second-order valence-corrected chi connectivity index (χ2v) is 3.51. The summed E-state index contributed by atoms with van der Waals surface area (Å²) in [6, 6.07) is 0. The molecule has 1 fully saturated rings. The number of H-pyrrole nitrogens is 1. The predicted molar refractivity (Wildman–Crippen MR) is 52.3 cm³/mol. The van der Waals surface area contributed by atoms with Gasteiger partial charge in [0.15, 0.2) is 5.84 Å². The number of hydrogen-bond acceptors (Lipinski definition) is 4. The first kappa shape index (κ1) is 9.50. The van der Waals surface area contributed by atoms with Gasteiger partial charge in [0.05, 0.1) is 11.9 Å². The van der Waals surface area contributed by atoms with Gasteiger partial charge in [0.25, 0.3) is 0 Å². The molecule has 7 nitrogen and oxygen atoms in total. The molecule has 15 heavy (non-hydrogen) atoms. The molecule has 0 aliphatic heterocycles. The van der Waals surface area contributed by atoms with Crippen LogP contribution in [0, 0.1) is 5.41 Å². The summed E-state index contributed by atoms with van der Waals surface area (Å²) < 4.78 is 0. The van der Waals surface area contributed by atoms with E-state index in [1.807, 2.05) is 0 Å². The fourth-order valence-corrected chi connectivity index (χ4v) is 1.39. The number of nitrogens with two attached hydrogens (primary N) is 1. The number of carbonyl (C=O) groups is 1. The van der Waals surface area contributed by atoms with Crippen molar-refractivity contribution in [3.05, 3.63) is 12.4 Å². The molecule has 1 aliphatic carbocycles. The number of nitrogens with zero attached hydrogens (tertiary/aromatic N) is 2. The van der Waals surface area contributed by atoms with Crippen molar-refractivity contribution in [2.75, 3.05) is 5.32 Å². The van der Waals surface area contributed by atoms with E-state index in [0.717, 1.165) is 0 Å². The Labute approximate surface area is 85.3 Å². The molecular weight excluding hydrogens is 198 g/mol. The van der Waals surface area contributed by atoms with E-state index in [9.17, 15) is 4.79 Å². The second-order valence-electron chi connectivity index (χ2n) is 3.51. The number of aromatic amines is 1. The van der Waals surface area contributed by atoms with Crippen molar-refractivity contribution in [2.24, 2.45) is 16.3 Å². The Balaban J connectivity index is 2.09. The van der Waals surface area contributed by atoms with Gasteiger partial charge in [-0.1, -0.05) is 5.16 Å². The second kappa shape index (κ2) is 3.26. The lowest BCUT2D eigenvalue weighted by atomic mass is 10.1. The van der Waals surface area contributed by atoms with Crippen LogP contribution in [0.4, 0.5) is 5.69 Å². The molecule has 1 aromatic heterocycles. The molecule has 1 aliphatic rings. The van der Waals surface area contributed by atoms with Crippen LogP contribution in [0.2, 0.25) is 0 Å². The van der Waals surface area contributed by atoms with Gasteiger partial charge < -0.3 is 16.3 Å². The van der Waals surface area contributed by atoms with Gasteiger partial charge in [0.2, 0.25) is 5.91 Å². The van der Waals surface area contributed by atoms with Gasteiger partial charge in [-0.15, -0.1) is 0 Å². The molecular formula is C8H11N5O2. The Morgan fingerprint density at radius 2 is 2.47 bits per heavy atom. The molecule has 1 heterocycles. The summed E-state index contributed by atoms with van der Waals surface area (Å²) in [4.78, 5) is 11.8. The standard InChI is InChI=1S/C8H11N5O2/c9-6(13-15)8(1-2-8)7(14)12-5-3-10-11-4-5/h3-4,15H,1-2H2,(H2,9,13)(H,10,11)(H,12,14). The third-order valence-electron chi connectivity index (χ3n) is 2.54. The van der Waals surface area contributed by atoms with Gasteiger partial charge in [0.1, 0.15) is 5.41 Å². The summed E-state index contributed by atoms with van der Waals surface area (Å²) in [5.74, 6) is -0.303. The van der Waals surface area contributed by atoms with Crippen LogP contribution in [0.5, 0.6) is 0 Å². The number of rotatable bonds is 3. The monoisotopic (exact) mass is 209 g/mol. The average molecular weight is 209 g/mol. The van der Waals surface area contributed by atoms with Crippen molar-refractivity contribution < 1.29 is 10.0 Å². The zero-order valence-electron chi connectivity index (χ0n) is 7.90. The van der Waals surface area contributed by atoms with Crippen molar-refractivity contribution in [2.45, 2.75) is 12.8 Å². The predicted octanol–water partition coefficient (Wildman–Crippen LogP) is -0.125. The minimum atomic E-state index is -0.827. The van der Waals surface area contributed by atoms with Crippen molar-refractivity contribution in [3.63, 3.8) is 0 Å². The zero-order valence-corrected chi connectivity index (χ0v) is 7.90. The van der Waals surface area contributed by atoms with Crippen LogP contribution in [0.3, 0.4) is 0 Å². The highest BCUT2D eigenvalue weighted by atomic mass is 16.4. The maximum atomic E-state index is 11.8. The van der Waals surface area contributed by atoms with Crippen LogP contribution in [-0.4, -0.2) is 27.1 Å². The fourth-order valence-electron chi connectivity index (χ4n) is 1.39. The molecule has 7 heteroatoms. The Kier molecular flexibility index (Phi) is 2.07. The lowest BCUT2D eigenvalue weighted by Crippen LogP contribution is -2.36. The molecule has 5 N–H and O–H groups in total. The zero-order chi connectivity index (χ0) is 10.9. The largest absolute Gasteiger partial charge is 0.409 e. The number of amidine groups is 1. The summed E-state index contributed by atoms with van der Waals surface area (Å²) in [6.45, 7) is 0. The Morgan fingerprint density at radius 3 is 2.93 bits per heavy atom. The first-order valence-corrected chi connectivity index (χ1v) is 4.47. The average Bonchev–Trinajstić information content (AvgIpc) is 2.91. The van der Waals surface area contributed by atoms with Crippen molar-refractivity contribution in [3.8, 4) is 0 Å². The van der Waals surface area contributed by atoms with E-state index in [1.165, 1.54) is 6.20 Å². The number of anilines is 1.